The molecule has 0 aliphatic heterocycles. The number of nitro groups is 1. The minimum atomic E-state index is -0.686. The molecular weight excluding hydrogens is 412 g/mol. The van der Waals surface area contributed by atoms with Crippen LogP contribution in [0.4, 0.5) is 17.1 Å². The number of nitrogens with zero attached hydrogens (tertiary/aromatic N) is 1. The highest BCUT2D eigenvalue weighted by Gasteiger charge is 2.19. The van der Waals surface area contributed by atoms with Gasteiger partial charge in [0.1, 0.15) is 5.56 Å². The number of thiocarbonyl (C=S) groups is 1. The SMILES string of the molecule is O=C(Nc1ccc(NC(=S)NC(=O)c2ccccc2[N+](=O)[O-])cc1)c1cccs1. The number of hydrogen-bond donors (Lipinski definition) is 3. The van der Waals surface area contributed by atoms with Crippen LogP contribution in [0.1, 0.15) is 20.0 Å². The number of carbonyl (C=O) groups is 2. The number of rotatable bonds is 5. The van der Waals surface area contributed by atoms with Crippen molar-refractivity contribution in [3.05, 3.63) is 86.6 Å². The Kier molecular flexibility index (Phi) is 6.27. The van der Waals surface area contributed by atoms with Gasteiger partial charge in [-0.3, -0.25) is 25.0 Å². The second kappa shape index (κ2) is 9.04. The Morgan fingerprint density at radius 2 is 1.55 bits per heavy atom. The molecule has 0 unspecified atom stereocenters. The maximum atomic E-state index is 12.3. The highest BCUT2D eigenvalue weighted by Crippen LogP contribution is 2.18. The number of amides is 2. The molecule has 1 heterocycles. The molecule has 0 bridgehead atoms. The fourth-order valence-electron chi connectivity index (χ4n) is 2.39. The standard InChI is InChI=1S/C19H14N4O4S2/c24-17(14-4-1-2-5-15(14)23(26)27)22-19(28)21-13-9-7-12(8-10-13)20-18(25)16-6-3-11-29-16/h1-11H,(H,20,25)(H2,21,22,24,28). The maximum Gasteiger partial charge on any atom is 0.282 e. The summed E-state index contributed by atoms with van der Waals surface area (Å²) in [6, 6.07) is 15.8. The van der Waals surface area contributed by atoms with Gasteiger partial charge in [-0.1, -0.05) is 18.2 Å². The zero-order valence-electron chi connectivity index (χ0n) is 14.7. The van der Waals surface area contributed by atoms with Crippen LogP contribution in [0, 0.1) is 10.1 Å². The Morgan fingerprint density at radius 3 is 2.17 bits per heavy atom. The van der Waals surface area contributed by atoms with E-state index >= 15 is 0 Å². The van der Waals surface area contributed by atoms with Gasteiger partial charge in [0, 0.05) is 17.4 Å². The fraction of sp³-hybridized carbons (Fsp3) is 0. The average molecular weight is 426 g/mol. The quantitative estimate of drug-likeness (QED) is 0.322. The number of benzene rings is 2. The van der Waals surface area contributed by atoms with E-state index in [0.717, 1.165) is 0 Å². The van der Waals surface area contributed by atoms with Gasteiger partial charge in [-0.05, 0) is 54.0 Å². The van der Waals surface area contributed by atoms with E-state index in [1.54, 1.807) is 36.4 Å². The highest BCUT2D eigenvalue weighted by atomic mass is 32.1. The van der Waals surface area contributed by atoms with Gasteiger partial charge in [0.2, 0.25) is 0 Å². The molecule has 0 aliphatic rings. The van der Waals surface area contributed by atoms with Gasteiger partial charge in [-0.2, -0.15) is 0 Å². The van der Waals surface area contributed by atoms with Crippen molar-refractivity contribution in [1.29, 1.82) is 0 Å². The minimum absolute atomic E-state index is 0.0106. The molecule has 2 aromatic carbocycles. The summed E-state index contributed by atoms with van der Waals surface area (Å²) < 4.78 is 0. The zero-order valence-corrected chi connectivity index (χ0v) is 16.4. The van der Waals surface area contributed by atoms with Crippen LogP contribution < -0.4 is 16.0 Å². The van der Waals surface area contributed by atoms with Crippen LogP contribution in [0.3, 0.4) is 0 Å². The normalized spacial score (nSPS) is 10.1. The second-order valence-corrected chi connectivity index (χ2v) is 7.05. The molecule has 0 aliphatic carbocycles. The number of carbonyl (C=O) groups excluding carboxylic acids is 2. The predicted octanol–water partition coefficient (Wildman–Crippen LogP) is 4.04. The van der Waals surface area contributed by atoms with E-state index in [4.69, 9.17) is 12.2 Å². The minimum Gasteiger partial charge on any atom is -0.332 e. The Hall–Kier alpha value is -3.63. The lowest BCUT2D eigenvalue weighted by molar-refractivity contribution is -0.385. The summed E-state index contributed by atoms with van der Waals surface area (Å²) in [4.78, 5) is 35.3. The molecule has 3 rings (SSSR count). The van der Waals surface area contributed by atoms with Crippen LogP contribution in [0.2, 0.25) is 0 Å². The third-order valence-electron chi connectivity index (χ3n) is 3.72. The van der Waals surface area contributed by atoms with Crippen molar-refractivity contribution in [2.45, 2.75) is 0 Å². The Balaban J connectivity index is 1.59. The molecule has 2 amide bonds. The van der Waals surface area contributed by atoms with E-state index in [2.05, 4.69) is 16.0 Å². The topological polar surface area (TPSA) is 113 Å². The van der Waals surface area contributed by atoms with E-state index in [1.807, 2.05) is 5.38 Å². The Bertz CT molecular complexity index is 1070. The number of anilines is 2. The van der Waals surface area contributed by atoms with Crippen LogP contribution in [0.15, 0.2) is 66.0 Å². The van der Waals surface area contributed by atoms with Crippen molar-refractivity contribution in [1.82, 2.24) is 5.32 Å². The number of hydrogen-bond acceptors (Lipinski definition) is 6. The predicted molar refractivity (Wildman–Crippen MR) is 115 cm³/mol. The van der Waals surface area contributed by atoms with Crippen molar-refractivity contribution in [2.75, 3.05) is 10.6 Å². The number of nitro benzene ring substituents is 1. The molecule has 1 aromatic heterocycles. The molecule has 146 valence electrons. The van der Waals surface area contributed by atoms with Crippen molar-refractivity contribution >= 4 is 57.5 Å². The highest BCUT2D eigenvalue weighted by molar-refractivity contribution is 7.80. The van der Waals surface area contributed by atoms with Crippen LogP contribution in [0.25, 0.3) is 0 Å². The fourth-order valence-corrected chi connectivity index (χ4v) is 3.22. The third-order valence-corrected chi connectivity index (χ3v) is 4.79. The smallest absolute Gasteiger partial charge is 0.282 e. The molecule has 8 nitrogen and oxygen atoms in total. The van der Waals surface area contributed by atoms with Gasteiger partial charge in [0.05, 0.1) is 9.80 Å². The van der Waals surface area contributed by atoms with Gasteiger partial charge in [-0.25, -0.2) is 0 Å². The Labute approximate surface area is 174 Å². The van der Waals surface area contributed by atoms with Crippen LogP contribution in [0.5, 0.6) is 0 Å². The first kappa shape index (κ1) is 20.1. The molecule has 3 aromatic rings. The molecule has 0 saturated carbocycles. The summed E-state index contributed by atoms with van der Waals surface area (Å²) >= 11 is 6.44. The largest absolute Gasteiger partial charge is 0.332 e. The number of thiophene rings is 1. The molecule has 0 spiro atoms. The second-order valence-electron chi connectivity index (χ2n) is 5.69. The Morgan fingerprint density at radius 1 is 0.897 bits per heavy atom. The third kappa shape index (κ3) is 5.21. The first-order valence-corrected chi connectivity index (χ1v) is 9.53. The monoisotopic (exact) mass is 426 g/mol. The van der Waals surface area contributed by atoms with Crippen LogP contribution in [-0.2, 0) is 0 Å². The molecule has 10 heteroatoms. The first-order valence-electron chi connectivity index (χ1n) is 8.25. The number of nitrogens with one attached hydrogen (secondary N) is 3. The molecule has 29 heavy (non-hydrogen) atoms. The van der Waals surface area contributed by atoms with Gasteiger partial charge in [0.25, 0.3) is 17.5 Å². The molecule has 0 fully saturated rings. The van der Waals surface area contributed by atoms with Crippen molar-refractivity contribution in [3.8, 4) is 0 Å². The lowest BCUT2D eigenvalue weighted by Gasteiger charge is -2.10. The summed E-state index contributed by atoms with van der Waals surface area (Å²) in [5, 5.41) is 20.8. The van der Waals surface area contributed by atoms with Gasteiger partial charge in [0.15, 0.2) is 5.11 Å². The molecule has 0 radical (unpaired) electrons. The van der Waals surface area contributed by atoms with Crippen molar-refractivity contribution < 1.29 is 14.5 Å². The van der Waals surface area contributed by atoms with Gasteiger partial charge in [-0.15, -0.1) is 11.3 Å². The van der Waals surface area contributed by atoms with Crippen LogP contribution in [-0.4, -0.2) is 21.9 Å². The van der Waals surface area contributed by atoms with Gasteiger partial charge >= 0.3 is 0 Å². The maximum absolute atomic E-state index is 12.3. The summed E-state index contributed by atoms with van der Waals surface area (Å²) in [5.74, 6) is -0.886. The van der Waals surface area contributed by atoms with E-state index in [0.29, 0.717) is 16.3 Å². The summed E-state index contributed by atoms with van der Waals surface area (Å²) in [7, 11) is 0. The van der Waals surface area contributed by atoms with Gasteiger partial charge < -0.3 is 10.6 Å². The van der Waals surface area contributed by atoms with Crippen molar-refractivity contribution in [3.63, 3.8) is 0 Å². The lowest BCUT2D eigenvalue weighted by atomic mass is 10.1. The average Bonchev–Trinajstić information content (AvgIpc) is 3.24. The zero-order chi connectivity index (χ0) is 20.8. The van der Waals surface area contributed by atoms with E-state index < -0.39 is 10.8 Å². The van der Waals surface area contributed by atoms with Crippen LogP contribution >= 0.6 is 23.6 Å². The summed E-state index contributed by atoms with van der Waals surface area (Å²) in [6.07, 6.45) is 0. The lowest BCUT2D eigenvalue weighted by Crippen LogP contribution is -2.34. The number of para-hydroxylation sites is 1. The van der Waals surface area contributed by atoms with Crippen molar-refractivity contribution in [2.24, 2.45) is 0 Å². The molecular formula is C19H14N4O4S2. The molecule has 3 N–H and O–H groups in total. The summed E-state index contributed by atoms with van der Waals surface area (Å²) in [5.41, 5.74) is 0.780. The first-order chi connectivity index (χ1) is 13.9. The van der Waals surface area contributed by atoms with E-state index in [1.165, 1.54) is 35.6 Å². The van der Waals surface area contributed by atoms with E-state index in [-0.39, 0.29) is 22.3 Å². The summed E-state index contributed by atoms with van der Waals surface area (Å²) in [6.45, 7) is 0. The molecule has 0 saturated heterocycles. The molecule has 0 atom stereocenters. The van der Waals surface area contributed by atoms with E-state index in [9.17, 15) is 19.7 Å².